The Balaban J connectivity index is 2.02. The number of aliphatic imine (C=N–C) groups is 1. The van der Waals surface area contributed by atoms with Crippen molar-refractivity contribution in [1.29, 1.82) is 0 Å². The summed E-state index contributed by atoms with van der Waals surface area (Å²) >= 11 is 5.72. The summed E-state index contributed by atoms with van der Waals surface area (Å²) in [5.74, 6) is -1.24. The van der Waals surface area contributed by atoms with Crippen LogP contribution in [-0.4, -0.2) is 16.8 Å². The highest BCUT2D eigenvalue weighted by Crippen LogP contribution is 2.33. The maximum Gasteiger partial charge on any atom is 0.416 e. The second kappa shape index (κ2) is 6.84. The number of nitrogens with zero attached hydrogens (tertiary/aromatic N) is 2. The van der Waals surface area contributed by atoms with E-state index in [4.69, 9.17) is 16.3 Å². The molecule has 10 heteroatoms. The minimum atomic E-state index is -4.61. The minimum absolute atomic E-state index is 0.0898. The van der Waals surface area contributed by atoms with Crippen molar-refractivity contribution < 1.29 is 27.6 Å². The van der Waals surface area contributed by atoms with Gasteiger partial charge in [0.2, 0.25) is 5.90 Å². The molecule has 138 valence electrons. The molecule has 0 atom stereocenters. The minimum Gasteiger partial charge on any atom is -0.402 e. The summed E-state index contributed by atoms with van der Waals surface area (Å²) in [7, 11) is 0. The van der Waals surface area contributed by atoms with Crippen LogP contribution in [0.15, 0.2) is 53.2 Å². The molecule has 0 aromatic heterocycles. The molecule has 1 aliphatic rings. The zero-order valence-corrected chi connectivity index (χ0v) is 13.9. The number of carbonyl (C=O) groups excluding carboxylic acids is 1. The first-order valence-electron chi connectivity index (χ1n) is 7.30. The summed E-state index contributed by atoms with van der Waals surface area (Å²) < 4.78 is 44.1. The van der Waals surface area contributed by atoms with Crippen molar-refractivity contribution in [3.63, 3.8) is 0 Å². The van der Waals surface area contributed by atoms with Crippen molar-refractivity contribution >= 4 is 35.2 Å². The lowest BCUT2D eigenvalue weighted by atomic mass is 10.1. The number of hydrogen-bond donors (Lipinski definition) is 0. The van der Waals surface area contributed by atoms with Crippen molar-refractivity contribution in [3.05, 3.63) is 80.0 Å². The number of cyclic esters (lactones) is 1. The summed E-state index contributed by atoms with van der Waals surface area (Å²) in [6.07, 6.45) is -3.66. The molecule has 0 aliphatic carbocycles. The molecule has 3 rings (SSSR count). The number of nitro groups is 1. The van der Waals surface area contributed by atoms with E-state index >= 15 is 0 Å². The van der Waals surface area contributed by atoms with Crippen LogP contribution in [0.4, 0.5) is 18.9 Å². The number of benzene rings is 2. The monoisotopic (exact) mass is 396 g/mol. The third kappa shape index (κ3) is 3.82. The third-order valence-corrected chi connectivity index (χ3v) is 3.89. The van der Waals surface area contributed by atoms with E-state index in [9.17, 15) is 28.1 Å². The van der Waals surface area contributed by atoms with Crippen LogP contribution < -0.4 is 0 Å². The second-order valence-electron chi connectivity index (χ2n) is 5.34. The summed E-state index contributed by atoms with van der Waals surface area (Å²) in [5.41, 5.74) is -1.89. The van der Waals surface area contributed by atoms with E-state index in [2.05, 4.69) is 4.99 Å². The third-order valence-electron chi connectivity index (χ3n) is 3.57. The number of ether oxygens (including phenoxy) is 1. The highest BCUT2D eigenvalue weighted by atomic mass is 35.5. The van der Waals surface area contributed by atoms with Gasteiger partial charge in [0.15, 0.2) is 5.70 Å². The Bertz CT molecular complexity index is 1020. The summed E-state index contributed by atoms with van der Waals surface area (Å²) in [6, 6.07) is 8.29. The average molecular weight is 397 g/mol. The summed E-state index contributed by atoms with van der Waals surface area (Å²) in [4.78, 5) is 26.0. The highest BCUT2D eigenvalue weighted by Gasteiger charge is 2.33. The molecule has 2 aromatic rings. The van der Waals surface area contributed by atoms with E-state index < -0.39 is 28.3 Å². The van der Waals surface area contributed by atoms with Crippen LogP contribution in [-0.2, 0) is 15.7 Å². The first-order chi connectivity index (χ1) is 12.7. The van der Waals surface area contributed by atoms with Crippen molar-refractivity contribution in [2.24, 2.45) is 4.99 Å². The standard InChI is InChI=1S/C17H8ClF3N2O4/c18-12-6-5-10(8-14(12)23(25)26)15-22-13(16(24)27-15)7-9-3-1-2-4-11(9)17(19,20)21/h1-8H/b13-7+. The molecule has 0 unspecified atom stereocenters. The Kier molecular flexibility index (Phi) is 4.71. The zero-order valence-electron chi connectivity index (χ0n) is 13.2. The van der Waals surface area contributed by atoms with E-state index in [-0.39, 0.29) is 27.7 Å². The fourth-order valence-corrected chi connectivity index (χ4v) is 2.53. The Labute approximate surface area is 154 Å². The predicted molar refractivity (Wildman–Crippen MR) is 90.2 cm³/mol. The first kappa shape index (κ1) is 18.6. The molecule has 0 fully saturated rings. The van der Waals surface area contributed by atoms with Crippen LogP contribution in [0.2, 0.25) is 5.02 Å². The van der Waals surface area contributed by atoms with Crippen molar-refractivity contribution in [1.82, 2.24) is 0 Å². The molecule has 0 N–H and O–H groups in total. The summed E-state index contributed by atoms with van der Waals surface area (Å²) in [6.45, 7) is 0. The van der Waals surface area contributed by atoms with Gasteiger partial charge in [0.25, 0.3) is 5.69 Å². The smallest absolute Gasteiger partial charge is 0.402 e. The molecule has 1 aliphatic heterocycles. The fraction of sp³-hybridized carbons (Fsp3) is 0.0588. The molecule has 1 heterocycles. The lowest BCUT2D eigenvalue weighted by molar-refractivity contribution is -0.384. The van der Waals surface area contributed by atoms with Gasteiger partial charge in [-0.2, -0.15) is 13.2 Å². The highest BCUT2D eigenvalue weighted by molar-refractivity contribution is 6.32. The second-order valence-corrected chi connectivity index (χ2v) is 5.75. The first-order valence-corrected chi connectivity index (χ1v) is 7.67. The lowest BCUT2D eigenvalue weighted by Gasteiger charge is -2.09. The number of nitro benzene ring substituents is 1. The molecule has 0 spiro atoms. The molecule has 6 nitrogen and oxygen atoms in total. The lowest BCUT2D eigenvalue weighted by Crippen LogP contribution is -2.08. The van der Waals surface area contributed by atoms with Crippen molar-refractivity contribution in [3.8, 4) is 0 Å². The molecule has 0 saturated heterocycles. The zero-order chi connectivity index (χ0) is 19.8. The van der Waals surface area contributed by atoms with Crippen LogP contribution in [0.25, 0.3) is 6.08 Å². The number of rotatable bonds is 3. The van der Waals surface area contributed by atoms with Gasteiger partial charge in [0, 0.05) is 11.6 Å². The molecule has 0 amide bonds. The van der Waals surface area contributed by atoms with Crippen molar-refractivity contribution in [2.75, 3.05) is 0 Å². The number of hydrogen-bond acceptors (Lipinski definition) is 5. The average Bonchev–Trinajstić information content (AvgIpc) is 2.95. The van der Waals surface area contributed by atoms with Gasteiger partial charge >= 0.3 is 12.1 Å². The van der Waals surface area contributed by atoms with E-state index in [1.54, 1.807) is 0 Å². The van der Waals surface area contributed by atoms with Crippen LogP contribution in [0.3, 0.4) is 0 Å². The van der Waals surface area contributed by atoms with Crippen molar-refractivity contribution in [2.45, 2.75) is 6.18 Å². The van der Waals surface area contributed by atoms with Crippen LogP contribution in [0, 0.1) is 10.1 Å². The van der Waals surface area contributed by atoms with Gasteiger partial charge in [-0.25, -0.2) is 9.79 Å². The van der Waals surface area contributed by atoms with E-state index in [0.717, 1.165) is 18.2 Å². The van der Waals surface area contributed by atoms with Crippen LogP contribution in [0.5, 0.6) is 0 Å². The van der Waals surface area contributed by atoms with E-state index in [1.165, 1.54) is 30.3 Å². The van der Waals surface area contributed by atoms with Gasteiger partial charge in [0.1, 0.15) is 5.02 Å². The predicted octanol–water partition coefficient (Wildman–Crippen LogP) is 4.61. The summed E-state index contributed by atoms with van der Waals surface area (Å²) in [5, 5.41) is 10.8. The van der Waals surface area contributed by atoms with Gasteiger partial charge < -0.3 is 4.74 Å². The molecule has 27 heavy (non-hydrogen) atoms. The van der Waals surface area contributed by atoms with Gasteiger partial charge in [-0.3, -0.25) is 10.1 Å². The number of carbonyl (C=O) groups is 1. The maximum atomic E-state index is 13.1. The molecular weight excluding hydrogens is 389 g/mol. The van der Waals surface area contributed by atoms with Gasteiger partial charge in [-0.1, -0.05) is 29.8 Å². The SMILES string of the molecule is O=C1OC(c2ccc(Cl)c([N+](=O)[O-])c2)=N/C1=C/c1ccccc1C(F)(F)F. The van der Waals surface area contributed by atoms with Gasteiger partial charge in [0.05, 0.1) is 10.5 Å². The molecule has 0 radical (unpaired) electrons. The molecular formula is C17H8ClF3N2O4. The Morgan fingerprint density at radius 2 is 1.89 bits per heavy atom. The van der Waals surface area contributed by atoms with E-state index in [1.807, 2.05) is 0 Å². The topological polar surface area (TPSA) is 81.8 Å². The van der Waals surface area contributed by atoms with Crippen LogP contribution >= 0.6 is 11.6 Å². The molecule has 2 aromatic carbocycles. The number of halogens is 4. The maximum absolute atomic E-state index is 13.1. The quantitative estimate of drug-likeness (QED) is 0.328. The van der Waals surface area contributed by atoms with Gasteiger partial charge in [-0.15, -0.1) is 0 Å². The number of esters is 1. The Hall–Kier alpha value is -3.20. The normalized spacial score (nSPS) is 15.6. The molecule has 0 saturated carbocycles. The van der Waals surface area contributed by atoms with Crippen LogP contribution in [0.1, 0.15) is 16.7 Å². The molecule has 0 bridgehead atoms. The Morgan fingerprint density at radius 1 is 1.19 bits per heavy atom. The van der Waals surface area contributed by atoms with E-state index in [0.29, 0.717) is 0 Å². The van der Waals surface area contributed by atoms with Gasteiger partial charge in [-0.05, 0) is 29.8 Å². The Morgan fingerprint density at radius 3 is 2.56 bits per heavy atom. The largest absolute Gasteiger partial charge is 0.416 e. The number of alkyl halides is 3. The fourth-order valence-electron chi connectivity index (χ4n) is 2.35.